The van der Waals surface area contributed by atoms with Gasteiger partial charge in [-0.25, -0.2) is 0 Å². The van der Waals surface area contributed by atoms with Gasteiger partial charge in [-0.15, -0.1) is 0 Å². The third-order valence-electron chi connectivity index (χ3n) is 0.995. The van der Waals surface area contributed by atoms with Crippen molar-refractivity contribution in [3.8, 4) is 0 Å². The molecule has 0 bridgehead atoms. The highest BCUT2D eigenvalue weighted by Gasteiger charge is 2.13. The average molecular weight is 212 g/mol. The predicted molar refractivity (Wildman–Crippen MR) is 43.9 cm³/mol. The highest BCUT2D eigenvalue weighted by Crippen LogP contribution is 1.86. The second-order valence-electron chi connectivity index (χ2n) is 2.14. The first-order valence-electron chi connectivity index (χ1n) is 3.64. The Kier molecular flexibility index (Phi) is 5.60. The first-order chi connectivity index (χ1) is 5.95. The molecule has 0 atom stereocenters. The Morgan fingerprint density at radius 1 is 1.38 bits per heavy atom. The van der Waals surface area contributed by atoms with Crippen LogP contribution in [0, 0.1) is 0 Å². The van der Waals surface area contributed by atoms with E-state index >= 15 is 0 Å². The van der Waals surface area contributed by atoms with E-state index in [1.807, 2.05) is 0 Å². The van der Waals surface area contributed by atoms with Gasteiger partial charge in [0.15, 0.2) is 5.75 Å². The highest BCUT2D eigenvalue weighted by atomic mass is 32.2. The van der Waals surface area contributed by atoms with Gasteiger partial charge < -0.3 is 9.47 Å². The molecule has 0 saturated carbocycles. The summed E-state index contributed by atoms with van der Waals surface area (Å²) in [4.78, 5) is 10.6. The normalized spacial score (nSPS) is 11.2. The van der Waals surface area contributed by atoms with Crippen molar-refractivity contribution in [3.63, 3.8) is 0 Å². The summed E-state index contributed by atoms with van der Waals surface area (Å²) in [7, 11) is -4.28. The Balaban J connectivity index is 3.53. The first kappa shape index (κ1) is 12.3. The Labute approximate surface area is 76.6 Å². The third-order valence-corrected chi connectivity index (χ3v) is 1.60. The Bertz CT molecular complexity index is 244. The number of ether oxygens (including phenoxy) is 2. The molecule has 0 aliphatic rings. The summed E-state index contributed by atoms with van der Waals surface area (Å²) in [5.41, 5.74) is 0. The highest BCUT2D eigenvalue weighted by molar-refractivity contribution is 7.86. The molecular weight excluding hydrogens is 200 g/mol. The van der Waals surface area contributed by atoms with Crippen LogP contribution in [0.15, 0.2) is 0 Å². The molecule has 1 N–H and O–H groups in total. The SMILES string of the molecule is CCOCCOC(=O)CS(=O)(=O)O. The van der Waals surface area contributed by atoms with Gasteiger partial charge in [0.1, 0.15) is 6.61 Å². The molecule has 7 heteroatoms. The molecule has 0 rings (SSSR count). The van der Waals surface area contributed by atoms with Crippen molar-refractivity contribution in [2.24, 2.45) is 0 Å². The predicted octanol–water partition coefficient (Wildman–Crippen LogP) is -0.546. The standard InChI is InChI=1S/C6H12O6S/c1-2-11-3-4-12-6(7)5-13(8,9)10/h2-5H2,1H3,(H,8,9,10). The average Bonchev–Trinajstić information content (AvgIpc) is 1.94. The second-order valence-corrected chi connectivity index (χ2v) is 3.60. The van der Waals surface area contributed by atoms with E-state index in [4.69, 9.17) is 9.29 Å². The van der Waals surface area contributed by atoms with Crippen LogP contribution < -0.4 is 0 Å². The molecule has 0 aromatic carbocycles. The lowest BCUT2D eigenvalue weighted by Crippen LogP contribution is -2.19. The summed E-state index contributed by atoms with van der Waals surface area (Å²) in [5.74, 6) is -2.00. The molecule has 0 aromatic heterocycles. The lowest BCUT2D eigenvalue weighted by molar-refractivity contribution is -0.142. The largest absolute Gasteiger partial charge is 0.462 e. The zero-order valence-electron chi connectivity index (χ0n) is 7.23. The van der Waals surface area contributed by atoms with E-state index in [1.54, 1.807) is 6.92 Å². The fourth-order valence-corrected chi connectivity index (χ4v) is 0.931. The Morgan fingerprint density at radius 2 is 2.00 bits per heavy atom. The van der Waals surface area contributed by atoms with Gasteiger partial charge in [0.05, 0.1) is 6.61 Å². The zero-order valence-corrected chi connectivity index (χ0v) is 8.04. The molecule has 0 spiro atoms. The number of esters is 1. The molecular formula is C6H12O6S. The summed E-state index contributed by atoms with van der Waals surface area (Å²) in [6, 6.07) is 0. The van der Waals surface area contributed by atoms with E-state index < -0.39 is 21.8 Å². The summed E-state index contributed by atoms with van der Waals surface area (Å²) in [5, 5.41) is 0. The molecule has 0 saturated heterocycles. The van der Waals surface area contributed by atoms with Gasteiger partial charge in [-0.2, -0.15) is 8.42 Å². The van der Waals surface area contributed by atoms with Gasteiger partial charge in [0, 0.05) is 6.61 Å². The smallest absolute Gasteiger partial charge is 0.323 e. The van der Waals surface area contributed by atoms with E-state index in [1.165, 1.54) is 0 Å². The van der Waals surface area contributed by atoms with Crippen molar-refractivity contribution in [2.45, 2.75) is 6.92 Å². The van der Waals surface area contributed by atoms with Crippen molar-refractivity contribution in [2.75, 3.05) is 25.6 Å². The second kappa shape index (κ2) is 5.90. The molecule has 13 heavy (non-hydrogen) atoms. The number of rotatable bonds is 6. The molecule has 0 fully saturated rings. The van der Waals surface area contributed by atoms with Crippen LogP contribution in [-0.4, -0.2) is 44.5 Å². The maximum Gasteiger partial charge on any atom is 0.323 e. The van der Waals surface area contributed by atoms with Crippen LogP contribution in [0.3, 0.4) is 0 Å². The van der Waals surface area contributed by atoms with Gasteiger partial charge in [0.25, 0.3) is 10.1 Å². The van der Waals surface area contributed by atoms with Crippen molar-refractivity contribution in [3.05, 3.63) is 0 Å². The fraction of sp³-hybridized carbons (Fsp3) is 0.833. The quantitative estimate of drug-likeness (QED) is 0.361. The Morgan fingerprint density at radius 3 is 2.46 bits per heavy atom. The topological polar surface area (TPSA) is 89.9 Å². The van der Waals surface area contributed by atoms with E-state index in [2.05, 4.69) is 4.74 Å². The van der Waals surface area contributed by atoms with E-state index in [-0.39, 0.29) is 13.2 Å². The van der Waals surface area contributed by atoms with Crippen LogP contribution in [0.4, 0.5) is 0 Å². The maximum atomic E-state index is 10.6. The lowest BCUT2D eigenvalue weighted by Gasteiger charge is -2.02. The number of carbonyl (C=O) groups is 1. The molecule has 0 unspecified atom stereocenters. The number of hydrogen-bond donors (Lipinski definition) is 1. The minimum Gasteiger partial charge on any atom is -0.462 e. The molecule has 0 amide bonds. The van der Waals surface area contributed by atoms with Gasteiger partial charge in [-0.3, -0.25) is 9.35 Å². The number of carbonyl (C=O) groups excluding carboxylic acids is 1. The van der Waals surface area contributed by atoms with Gasteiger partial charge >= 0.3 is 5.97 Å². The zero-order chi connectivity index (χ0) is 10.3. The van der Waals surface area contributed by atoms with E-state index in [0.29, 0.717) is 6.61 Å². The minimum absolute atomic E-state index is 0.0117. The summed E-state index contributed by atoms with van der Waals surface area (Å²) in [6.07, 6.45) is 0. The summed E-state index contributed by atoms with van der Waals surface area (Å²) >= 11 is 0. The number of hydrogen-bond acceptors (Lipinski definition) is 5. The van der Waals surface area contributed by atoms with Crippen molar-refractivity contribution < 1.29 is 27.2 Å². The van der Waals surface area contributed by atoms with Crippen LogP contribution in [0.25, 0.3) is 0 Å². The van der Waals surface area contributed by atoms with Gasteiger partial charge in [-0.1, -0.05) is 0 Å². The van der Waals surface area contributed by atoms with Gasteiger partial charge in [0.2, 0.25) is 0 Å². The lowest BCUT2D eigenvalue weighted by atomic mass is 10.7. The maximum absolute atomic E-state index is 10.6. The van der Waals surface area contributed by atoms with Crippen LogP contribution in [0.5, 0.6) is 0 Å². The van der Waals surface area contributed by atoms with Crippen LogP contribution in [-0.2, 0) is 24.4 Å². The van der Waals surface area contributed by atoms with Crippen LogP contribution in [0.1, 0.15) is 6.92 Å². The van der Waals surface area contributed by atoms with Crippen molar-refractivity contribution >= 4 is 16.1 Å². The fourth-order valence-electron chi connectivity index (χ4n) is 0.549. The summed E-state index contributed by atoms with van der Waals surface area (Å²) in [6.45, 7) is 2.48. The summed E-state index contributed by atoms with van der Waals surface area (Å²) < 4.78 is 37.8. The molecule has 78 valence electrons. The third kappa shape index (κ3) is 9.25. The minimum atomic E-state index is -4.28. The van der Waals surface area contributed by atoms with Crippen molar-refractivity contribution in [1.82, 2.24) is 0 Å². The van der Waals surface area contributed by atoms with Crippen LogP contribution in [0.2, 0.25) is 0 Å². The van der Waals surface area contributed by atoms with E-state index in [0.717, 1.165) is 0 Å². The van der Waals surface area contributed by atoms with Crippen LogP contribution >= 0.6 is 0 Å². The first-order valence-corrected chi connectivity index (χ1v) is 5.25. The monoisotopic (exact) mass is 212 g/mol. The van der Waals surface area contributed by atoms with Gasteiger partial charge in [-0.05, 0) is 6.92 Å². The van der Waals surface area contributed by atoms with E-state index in [9.17, 15) is 13.2 Å². The molecule has 6 nitrogen and oxygen atoms in total. The Hall–Kier alpha value is -0.660. The molecule has 0 aromatic rings. The van der Waals surface area contributed by atoms with Crippen molar-refractivity contribution in [1.29, 1.82) is 0 Å². The molecule has 0 aliphatic heterocycles. The molecule has 0 heterocycles. The molecule has 0 radical (unpaired) electrons. The molecule has 0 aliphatic carbocycles.